The van der Waals surface area contributed by atoms with Crippen molar-refractivity contribution in [3.05, 3.63) is 24.3 Å². The third-order valence-electron chi connectivity index (χ3n) is 2.23. The third-order valence-corrected chi connectivity index (χ3v) is 2.23. The molecule has 1 rings (SSSR count). The molecule has 1 heterocycles. The molecule has 0 unspecified atom stereocenters. The molecule has 74 valence electrons. The van der Waals surface area contributed by atoms with E-state index < -0.39 is 0 Å². The van der Waals surface area contributed by atoms with Gasteiger partial charge >= 0.3 is 0 Å². The standard InChI is InChI=1S/C10H17N2.ClH/c1-5-9-10(6-2)12(7-3)8-11(9)4;/h7-8H,3,5-6H2,1-2,4H3;1H/q+1;/p-1. The Kier molecular flexibility index (Phi) is 4.78. The molecule has 0 radical (unpaired) electrons. The summed E-state index contributed by atoms with van der Waals surface area (Å²) in [5.41, 5.74) is 2.77. The van der Waals surface area contributed by atoms with E-state index in [4.69, 9.17) is 0 Å². The van der Waals surface area contributed by atoms with Gasteiger partial charge in [0, 0.05) is 12.8 Å². The Morgan fingerprint density at radius 1 is 1.46 bits per heavy atom. The molecule has 0 aliphatic heterocycles. The second-order valence-corrected chi connectivity index (χ2v) is 2.92. The molecule has 0 saturated heterocycles. The summed E-state index contributed by atoms with van der Waals surface area (Å²) in [6.07, 6.45) is 6.08. The molecule has 0 bridgehead atoms. The lowest BCUT2D eigenvalue weighted by Crippen LogP contribution is -3.00. The zero-order chi connectivity index (χ0) is 9.14. The summed E-state index contributed by atoms with van der Waals surface area (Å²) in [7, 11) is 2.08. The van der Waals surface area contributed by atoms with Crippen LogP contribution < -0.4 is 17.0 Å². The number of aromatic nitrogens is 2. The van der Waals surface area contributed by atoms with Gasteiger partial charge in [0.1, 0.15) is 5.69 Å². The zero-order valence-electron chi connectivity index (χ0n) is 8.55. The molecular weight excluding hydrogens is 184 g/mol. The molecule has 0 fully saturated rings. The lowest BCUT2D eigenvalue weighted by atomic mass is 10.2. The van der Waals surface area contributed by atoms with Crippen LogP contribution in [0, 0.1) is 0 Å². The van der Waals surface area contributed by atoms with Crippen LogP contribution in [-0.2, 0) is 19.9 Å². The van der Waals surface area contributed by atoms with E-state index in [2.05, 4.69) is 42.9 Å². The van der Waals surface area contributed by atoms with Crippen LogP contribution in [0.3, 0.4) is 0 Å². The van der Waals surface area contributed by atoms with E-state index in [0.29, 0.717) is 0 Å². The first-order chi connectivity index (χ1) is 5.74. The highest BCUT2D eigenvalue weighted by Crippen LogP contribution is 2.07. The van der Waals surface area contributed by atoms with Gasteiger partial charge in [0.2, 0.25) is 6.33 Å². The second-order valence-electron chi connectivity index (χ2n) is 2.92. The molecule has 0 aromatic carbocycles. The van der Waals surface area contributed by atoms with Crippen LogP contribution in [0.1, 0.15) is 25.2 Å². The van der Waals surface area contributed by atoms with Gasteiger partial charge in [-0.3, -0.25) is 0 Å². The van der Waals surface area contributed by atoms with Crippen molar-refractivity contribution >= 4 is 6.20 Å². The maximum atomic E-state index is 3.78. The fraction of sp³-hybridized carbons (Fsp3) is 0.500. The molecule has 0 atom stereocenters. The van der Waals surface area contributed by atoms with Gasteiger partial charge < -0.3 is 12.4 Å². The predicted octanol–water partition coefficient (Wildman–Crippen LogP) is -1.46. The third kappa shape index (κ3) is 2.13. The first-order valence-corrected chi connectivity index (χ1v) is 4.45. The number of halogens is 1. The largest absolute Gasteiger partial charge is 1.00 e. The maximum Gasteiger partial charge on any atom is 0.248 e. The van der Waals surface area contributed by atoms with Crippen LogP contribution in [0.4, 0.5) is 0 Å². The molecule has 3 heteroatoms. The molecular formula is C10H17ClN2. The molecule has 0 spiro atoms. The summed E-state index contributed by atoms with van der Waals surface area (Å²) in [4.78, 5) is 0. The summed E-state index contributed by atoms with van der Waals surface area (Å²) in [6, 6.07) is 0. The van der Waals surface area contributed by atoms with Crippen molar-refractivity contribution in [3.8, 4) is 0 Å². The van der Waals surface area contributed by atoms with E-state index in [1.165, 1.54) is 11.4 Å². The van der Waals surface area contributed by atoms with E-state index in [9.17, 15) is 0 Å². The van der Waals surface area contributed by atoms with Crippen molar-refractivity contribution in [2.45, 2.75) is 26.7 Å². The van der Waals surface area contributed by atoms with Gasteiger partial charge in [0.05, 0.1) is 13.2 Å². The highest BCUT2D eigenvalue weighted by atomic mass is 35.5. The molecule has 0 amide bonds. The molecule has 0 N–H and O–H groups in total. The maximum absolute atomic E-state index is 3.78. The van der Waals surface area contributed by atoms with E-state index in [0.717, 1.165) is 12.8 Å². The van der Waals surface area contributed by atoms with Gasteiger partial charge in [-0.05, 0) is 0 Å². The fourth-order valence-electron chi connectivity index (χ4n) is 1.68. The Labute approximate surface area is 86.3 Å². The SMILES string of the molecule is C=Cn1c[n+](C)c(CC)c1CC.[Cl-]. The number of hydrogen-bond donors (Lipinski definition) is 0. The second kappa shape index (κ2) is 5.07. The van der Waals surface area contributed by atoms with Crippen molar-refractivity contribution in [1.82, 2.24) is 4.57 Å². The van der Waals surface area contributed by atoms with E-state index in [1.54, 1.807) is 0 Å². The Bertz CT molecular complexity index is 289. The van der Waals surface area contributed by atoms with Crippen LogP contribution in [0.25, 0.3) is 6.20 Å². The zero-order valence-corrected chi connectivity index (χ0v) is 9.30. The number of hydrogen-bond acceptors (Lipinski definition) is 0. The Morgan fingerprint density at radius 3 is 2.46 bits per heavy atom. The van der Waals surface area contributed by atoms with Crippen molar-refractivity contribution < 1.29 is 17.0 Å². The Morgan fingerprint density at radius 2 is 2.08 bits per heavy atom. The Hall–Kier alpha value is -0.760. The van der Waals surface area contributed by atoms with Crippen molar-refractivity contribution in [2.24, 2.45) is 7.05 Å². The van der Waals surface area contributed by atoms with Crippen LogP contribution >= 0.6 is 0 Å². The van der Waals surface area contributed by atoms with E-state index >= 15 is 0 Å². The number of rotatable bonds is 3. The van der Waals surface area contributed by atoms with Crippen LogP contribution in [0.5, 0.6) is 0 Å². The number of nitrogens with zero attached hydrogens (tertiary/aromatic N) is 2. The molecule has 13 heavy (non-hydrogen) atoms. The molecule has 1 aromatic rings. The van der Waals surface area contributed by atoms with Gasteiger partial charge in [-0.15, -0.1) is 0 Å². The number of imidazole rings is 1. The number of aryl methyl sites for hydroxylation is 1. The van der Waals surface area contributed by atoms with Crippen molar-refractivity contribution in [3.63, 3.8) is 0 Å². The average molecular weight is 201 g/mol. The average Bonchev–Trinajstić information content (AvgIpc) is 2.40. The first kappa shape index (κ1) is 12.2. The summed E-state index contributed by atoms with van der Waals surface area (Å²) in [5.74, 6) is 0. The quantitative estimate of drug-likeness (QED) is 0.528. The predicted molar refractivity (Wildman–Crippen MR) is 50.8 cm³/mol. The molecule has 0 aliphatic carbocycles. The summed E-state index contributed by atoms with van der Waals surface area (Å²) in [6.45, 7) is 8.14. The summed E-state index contributed by atoms with van der Waals surface area (Å²) >= 11 is 0. The smallest absolute Gasteiger partial charge is 0.248 e. The summed E-state index contributed by atoms with van der Waals surface area (Å²) in [5, 5.41) is 0. The van der Waals surface area contributed by atoms with E-state index in [-0.39, 0.29) is 12.4 Å². The normalized spacial score (nSPS) is 9.46. The van der Waals surface area contributed by atoms with Crippen LogP contribution in [-0.4, -0.2) is 4.57 Å². The van der Waals surface area contributed by atoms with Crippen LogP contribution in [0.15, 0.2) is 12.9 Å². The minimum atomic E-state index is 0. The van der Waals surface area contributed by atoms with Crippen molar-refractivity contribution in [1.29, 1.82) is 0 Å². The van der Waals surface area contributed by atoms with E-state index in [1.807, 2.05) is 6.20 Å². The highest BCUT2D eigenvalue weighted by molar-refractivity contribution is 5.23. The van der Waals surface area contributed by atoms with Gasteiger partial charge in [-0.25, -0.2) is 9.13 Å². The fourth-order valence-corrected chi connectivity index (χ4v) is 1.68. The lowest BCUT2D eigenvalue weighted by Gasteiger charge is -1.94. The molecule has 2 nitrogen and oxygen atoms in total. The Balaban J connectivity index is 0.00000144. The van der Waals surface area contributed by atoms with Gasteiger partial charge in [0.25, 0.3) is 0 Å². The van der Waals surface area contributed by atoms with Gasteiger partial charge in [-0.1, -0.05) is 20.4 Å². The minimum absolute atomic E-state index is 0. The van der Waals surface area contributed by atoms with Gasteiger partial charge in [0.15, 0.2) is 5.69 Å². The highest BCUT2D eigenvalue weighted by Gasteiger charge is 2.15. The molecule has 0 aliphatic rings. The summed E-state index contributed by atoms with van der Waals surface area (Å²) < 4.78 is 4.26. The van der Waals surface area contributed by atoms with Gasteiger partial charge in [-0.2, -0.15) is 0 Å². The monoisotopic (exact) mass is 200 g/mol. The topological polar surface area (TPSA) is 8.81 Å². The minimum Gasteiger partial charge on any atom is -1.00 e. The molecule has 0 saturated carbocycles. The lowest BCUT2D eigenvalue weighted by molar-refractivity contribution is -0.678. The van der Waals surface area contributed by atoms with Crippen LogP contribution in [0.2, 0.25) is 0 Å². The first-order valence-electron chi connectivity index (χ1n) is 4.45. The molecule has 1 aromatic heterocycles. The van der Waals surface area contributed by atoms with Crippen molar-refractivity contribution in [2.75, 3.05) is 0 Å².